The van der Waals surface area contributed by atoms with Gasteiger partial charge in [-0.1, -0.05) is 22.9 Å². The number of fused-ring (bicyclic) bond motifs is 1. The van der Waals surface area contributed by atoms with Gasteiger partial charge in [-0.3, -0.25) is 5.32 Å². The Morgan fingerprint density at radius 3 is 3.21 bits per heavy atom. The second-order valence-electron chi connectivity index (χ2n) is 4.29. The first-order chi connectivity index (χ1) is 9.20. The van der Waals surface area contributed by atoms with Crippen molar-refractivity contribution >= 4 is 44.3 Å². The minimum atomic E-state index is -0.249. The smallest absolute Gasteiger partial charge is 0.321 e. The van der Waals surface area contributed by atoms with Gasteiger partial charge in [0.05, 0.1) is 22.9 Å². The Balaban J connectivity index is 1.68. The molecule has 0 saturated carbocycles. The molecule has 0 aliphatic carbocycles. The van der Waals surface area contributed by atoms with Gasteiger partial charge in [-0.2, -0.15) is 0 Å². The van der Waals surface area contributed by atoms with Crippen LogP contribution in [0.4, 0.5) is 9.93 Å². The molecule has 2 amide bonds. The fourth-order valence-electron chi connectivity index (χ4n) is 1.92. The number of nitrogens with one attached hydrogen (secondary N) is 2. The van der Waals surface area contributed by atoms with Crippen LogP contribution in [-0.4, -0.2) is 30.3 Å². The van der Waals surface area contributed by atoms with Crippen molar-refractivity contribution in [2.45, 2.75) is 12.5 Å². The monoisotopic (exact) mass is 297 g/mol. The van der Waals surface area contributed by atoms with Gasteiger partial charge in [-0.05, 0) is 24.6 Å². The highest BCUT2D eigenvalue weighted by molar-refractivity contribution is 7.22. The number of amides is 2. The molecule has 1 saturated heterocycles. The predicted molar refractivity (Wildman–Crippen MR) is 76.0 cm³/mol. The number of ether oxygens (including phenoxy) is 1. The highest BCUT2D eigenvalue weighted by Gasteiger charge is 2.18. The Hall–Kier alpha value is -1.37. The van der Waals surface area contributed by atoms with Crippen LogP contribution in [0.1, 0.15) is 6.42 Å². The molecule has 3 rings (SSSR count). The molecule has 2 N–H and O–H groups in total. The molecule has 0 radical (unpaired) electrons. The molecule has 100 valence electrons. The van der Waals surface area contributed by atoms with Gasteiger partial charge < -0.3 is 10.1 Å². The summed E-state index contributed by atoms with van der Waals surface area (Å²) in [7, 11) is 0. The minimum absolute atomic E-state index is 0.0869. The lowest BCUT2D eigenvalue weighted by atomic mass is 10.3. The molecule has 1 aliphatic heterocycles. The van der Waals surface area contributed by atoms with Crippen molar-refractivity contribution < 1.29 is 9.53 Å². The zero-order valence-electron chi connectivity index (χ0n) is 9.98. The first-order valence-corrected chi connectivity index (χ1v) is 7.11. The predicted octanol–water partition coefficient (Wildman–Crippen LogP) is 2.86. The van der Waals surface area contributed by atoms with E-state index in [1.54, 1.807) is 6.07 Å². The molecule has 2 aromatic rings. The number of hydrogen-bond acceptors (Lipinski definition) is 4. The van der Waals surface area contributed by atoms with Crippen molar-refractivity contribution in [1.29, 1.82) is 0 Å². The van der Waals surface area contributed by atoms with Crippen molar-refractivity contribution in [3.8, 4) is 0 Å². The van der Waals surface area contributed by atoms with Gasteiger partial charge in [0.2, 0.25) is 0 Å². The van der Waals surface area contributed by atoms with Crippen molar-refractivity contribution in [2.75, 3.05) is 18.5 Å². The van der Waals surface area contributed by atoms with Gasteiger partial charge in [0.25, 0.3) is 0 Å². The van der Waals surface area contributed by atoms with Crippen LogP contribution in [-0.2, 0) is 4.74 Å². The summed E-state index contributed by atoms with van der Waals surface area (Å²) in [4.78, 5) is 16.1. The summed E-state index contributed by atoms with van der Waals surface area (Å²) in [5.41, 5.74) is 0.828. The minimum Gasteiger partial charge on any atom is -0.379 e. The summed E-state index contributed by atoms with van der Waals surface area (Å²) < 4.78 is 6.15. The molecule has 1 aromatic heterocycles. The van der Waals surface area contributed by atoms with Crippen molar-refractivity contribution in [3.05, 3.63) is 23.2 Å². The number of carbonyl (C=O) groups is 1. The van der Waals surface area contributed by atoms with E-state index in [-0.39, 0.29) is 12.1 Å². The first-order valence-electron chi connectivity index (χ1n) is 5.92. The lowest BCUT2D eigenvalue weighted by molar-refractivity contribution is 0.189. The van der Waals surface area contributed by atoms with E-state index in [1.165, 1.54) is 11.3 Å². The third-order valence-electron chi connectivity index (χ3n) is 2.84. The summed E-state index contributed by atoms with van der Waals surface area (Å²) in [5, 5.41) is 6.81. The summed E-state index contributed by atoms with van der Waals surface area (Å²) in [5.74, 6) is 0. The summed E-state index contributed by atoms with van der Waals surface area (Å²) >= 11 is 7.31. The van der Waals surface area contributed by atoms with Gasteiger partial charge in [0, 0.05) is 11.6 Å². The van der Waals surface area contributed by atoms with Crippen LogP contribution in [0, 0.1) is 0 Å². The number of anilines is 1. The third-order valence-corrected chi connectivity index (χ3v) is 4.00. The number of carbonyl (C=O) groups excluding carboxylic acids is 1. The van der Waals surface area contributed by atoms with Crippen LogP contribution in [0.3, 0.4) is 0 Å². The average molecular weight is 298 g/mol. The molecule has 1 unspecified atom stereocenters. The number of aromatic nitrogens is 1. The zero-order chi connectivity index (χ0) is 13.2. The molecule has 5 nitrogen and oxygen atoms in total. The maximum atomic E-state index is 11.8. The third kappa shape index (κ3) is 2.97. The number of urea groups is 1. The molecule has 1 atom stereocenters. The van der Waals surface area contributed by atoms with Gasteiger partial charge in [0.15, 0.2) is 5.13 Å². The zero-order valence-corrected chi connectivity index (χ0v) is 11.6. The number of rotatable bonds is 2. The molecular weight excluding hydrogens is 286 g/mol. The fourth-order valence-corrected chi connectivity index (χ4v) is 3.06. The molecule has 7 heteroatoms. The molecule has 0 spiro atoms. The molecular formula is C12H12ClN3O2S. The number of hydrogen-bond donors (Lipinski definition) is 2. The SMILES string of the molecule is O=C(Nc1nc2ccc(Cl)cc2s1)NC1CCOC1. The van der Waals surface area contributed by atoms with Crippen molar-refractivity contribution in [2.24, 2.45) is 0 Å². The van der Waals surface area contributed by atoms with E-state index in [0.29, 0.717) is 23.4 Å². The number of benzene rings is 1. The summed E-state index contributed by atoms with van der Waals surface area (Å²) in [6, 6.07) is 5.29. The van der Waals surface area contributed by atoms with Crippen LogP contribution in [0.25, 0.3) is 10.2 Å². The van der Waals surface area contributed by atoms with Crippen LogP contribution in [0.15, 0.2) is 18.2 Å². The van der Waals surface area contributed by atoms with Crippen LogP contribution in [0.2, 0.25) is 5.02 Å². The van der Waals surface area contributed by atoms with E-state index >= 15 is 0 Å². The first kappa shape index (κ1) is 12.7. The lowest BCUT2D eigenvalue weighted by Gasteiger charge is -2.09. The topological polar surface area (TPSA) is 63.2 Å². The van der Waals surface area contributed by atoms with Crippen LogP contribution < -0.4 is 10.6 Å². The normalized spacial score (nSPS) is 18.7. The van der Waals surface area contributed by atoms with Gasteiger partial charge in [0.1, 0.15) is 0 Å². The second kappa shape index (κ2) is 5.32. The van der Waals surface area contributed by atoms with Crippen LogP contribution in [0.5, 0.6) is 0 Å². The van der Waals surface area contributed by atoms with E-state index in [4.69, 9.17) is 16.3 Å². The van der Waals surface area contributed by atoms with Gasteiger partial charge in [-0.25, -0.2) is 9.78 Å². The van der Waals surface area contributed by atoms with Gasteiger partial charge in [-0.15, -0.1) is 0 Å². The highest BCUT2D eigenvalue weighted by atomic mass is 35.5. The molecule has 1 fully saturated rings. The average Bonchev–Trinajstić information content (AvgIpc) is 2.97. The molecule has 19 heavy (non-hydrogen) atoms. The molecule has 0 bridgehead atoms. The van der Waals surface area contributed by atoms with Crippen LogP contribution >= 0.6 is 22.9 Å². The Kier molecular flexibility index (Phi) is 3.54. The van der Waals surface area contributed by atoms with E-state index in [1.807, 2.05) is 12.1 Å². The van der Waals surface area contributed by atoms with E-state index in [9.17, 15) is 4.79 Å². The highest BCUT2D eigenvalue weighted by Crippen LogP contribution is 2.28. The molecule has 2 heterocycles. The number of nitrogens with zero attached hydrogens (tertiary/aromatic N) is 1. The second-order valence-corrected chi connectivity index (χ2v) is 5.76. The van der Waals surface area contributed by atoms with Crippen molar-refractivity contribution in [3.63, 3.8) is 0 Å². The Labute approximate surface area is 118 Å². The maximum Gasteiger partial charge on any atom is 0.321 e. The number of halogens is 1. The maximum absolute atomic E-state index is 11.8. The van der Waals surface area contributed by atoms with Crippen molar-refractivity contribution in [1.82, 2.24) is 10.3 Å². The largest absolute Gasteiger partial charge is 0.379 e. The Bertz CT molecular complexity index is 610. The molecule has 1 aliphatic rings. The Morgan fingerprint density at radius 2 is 2.42 bits per heavy atom. The molecule has 1 aromatic carbocycles. The van der Waals surface area contributed by atoms with Gasteiger partial charge >= 0.3 is 6.03 Å². The fraction of sp³-hybridized carbons (Fsp3) is 0.333. The lowest BCUT2D eigenvalue weighted by Crippen LogP contribution is -2.38. The number of thiazole rings is 1. The quantitative estimate of drug-likeness (QED) is 0.896. The van der Waals surface area contributed by atoms with E-state index in [0.717, 1.165) is 16.6 Å². The summed E-state index contributed by atoms with van der Waals surface area (Å²) in [6.07, 6.45) is 0.850. The Morgan fingerprint density at radius 1 is 1.53 bits per heavy atom. The van der Waals surface area contributed by atoms with E-state index < -0.39 is 0 Å². The standard InChI is InChI=1S/C12H12ClN3O2S/c13-7-1-2-9-10(5-7)19-12(15-9)16-11(17)14-8-3-4-18-6-8/h1-2,5,8H,3-4,6H2,(H2,14,15,16,17). The summed E-state index contributed by atoms with van der Waals surface area (Å²) in [6.45, 7) is 1.27. The van der Waals surface area contributed by atoms with E-state index in [2.05, 4.69) is 15.6 Å².